The summed E-state index contributed by atoms with van der Waals surface area (Å²) in [5.74, 6) is 0.721. The van der Waals surface area contributed by atoms with Gasteiger partial charge in [0.15, 0.2) is 0 Å². The number of hydrogen-bond donors (Lipinski definition) is 1. The zero-order valence-electron chi connectivity index (χ0n) is 11.3. The van der Waals surface area contributed by atoms with Gasteiger partial charge in [-0.05, 0) is 18.7 Å². The Morgan fingerprint density at radius 2 is 1.95 bits per heavy atom. The van der Waals surface area contributed by atoms with Gasteiger partial charge in [0.1, 0.15) is 5.84 Å². The van der Waals surface area contributed by atoms with E-state index < -0.39 is 0 Å². The average molecular weight is 281 g/mol. The molecule has 1 heterocycles. The lowest BCUT2D eigenvalue weighted by Gasteiger charge is -2.36. The number of anilines is 1. The lowest BCUT2D eigenvalue weighted by molar-refractivity contribution is 0.271. The van der Waals surface area contributed by atoms with Crippen LogP contribution in [0.5, 0.6) is 0 Å². The van der Waals surface area contributed by atoms with Gasteiger partial charge in [-0.2, -0.15) is 0 Å². The number of para-hydroxylation sites is 2. The minimum absolute atomic E-state index is 0.262. The van der Waals surface area contributed by atoms with Crippen molar-refractivity contribution in [2.75, 3.05) is 43.5 Å². The predicted molar refractivity (Wildman–Crippen MR) is 82.8 cm³/mol. The average Bonchev–Trinajstić information content (AvgIpc) is 2.48. The van der Waals surface area contributed by atoms with Gasteiger partial charge in [-0.15, -0.1) is 11.6 Å². The highest BCUT2D eigenvalue weighted by Gasteiger charge is 2.17. The SMILES string of the molecule is CCN1CCN(c2ccccc2N=C(N)CCl)CC1. The molecule has 5 heteroatoms. The van der Waals surface area contributed by atoms with Crippen LogP contribution in [-0.2, 0) is 0 Å². The number of nitrogens with two attached hydrogens (primary N) is 1. The van der Waals surface area contributed by atoms with Crippen LogP contribution in [0.15, 0.2) is 29.3 Å². The maximum absolute atomic E-state index is 5.74. The van der Waals surface area contributed by atoms with Gasteiger partial charge in [0, 0.05) is 26.2 Å². The van der Waals surface area contributed by atoms with Gasteiger partial charge in [0.05, 0.1) is 17.3 Å². The minimum Gasteiger partial charge on any atom is -0.386 e. The Morgan fingerprint density at radius 1 is 1.26 bits per heavy atom. The number of likely N-dealkylation sites (N-methyl/N-ethyl adjacent to an activating group) is 1. The molecule has 1 aromatic rings. The Morgan fingerprint density at radius 3 is 2.58 bits per heavy atom. The number of benzene rings is 1. The van der Waals surface area contributed by atoms with Crippen molar-refractivity contribution in [3.63, 3.8) is 0 Å². The number of aliphatic imine (C=N–C) groups is 1. The third-order valence-electron chi connectivity index (χ3n) is 3.44. The monoisotopic (exact) mass is 280 g/mol. The van der Waals surface area contributed by atoms with E-state index in [4.69, 9.17) is 17.3 Å². The summed E-state index contributed by atoms with van der Waals surface area (Å²) in [6.45, 7) is 7.57. The topological polar surface area (TPSA) is 44.9 Å². The number of hydrogen-bond acceptors (Lipinski definition) is 3. The van der Waals surface area contributed by atoms with Gasteiger partial charge < -0.3 is 15.5 Å². The van der Waals surface area contributed by atoms with E-state index in [1.54, 1.807) is 0 Å². The highest BCUT2D eigenvalue weighted by Crippen LogP contribution is 2.29. The van der Waals surface area contributed by atoms with Crippen LogP contribution in [0.25, 0.3) is 0 Å². The molecule has 0 aromatic heterocycles. The second-order valence-electron chi connectivity index (χ2n) is 4.65. The highest BCUT2D eigenvalue weighted by atomic mass is 35.5. The second-order valence-corrected chi connectivity index (χ2v) is 4.91. The number of amidine groups is 1. The van der Waals surface area contributed by atoms with Crippen molar-refractivity contribution in [2.24, 2.45) is 10.7 Å². The molecule has 0 radical (unpaired) electrons. The molecule has 104 valence electrons. The highest BCUT2D eigenvalue weighted by molar-refractivity contribution is 6.28. The normalized spacial score (nSPS) is 17.8. The van der Waals surface area contributed by atoms with Crippen LogP contribution < -0.4 is 10.6 Å². The van der Waals surface area contributed by atoms with Crippen LogP contribution in [0.2, 0.25) is 0 Å². The summed E-state index contributed by atoms with van der Waals surface area (Å²) in [4.78, 5) is 9.22. The fourth-order valence-corrected chi connectivity index (χ4v) is 2.38. The molecule has 0 saturated carbocycles. The second kappa shape index (κ2) is 6.78. The van der Waals surface area contributed by atoms with E-state index in [0.717, 1.165) is 44.1 Å². The van der Waals surface area contributed by atoms with Crippen molar-refractivity contribution in [3.8, 4) is 0 Å². The molecule has 0 bridgehead atoms. The Bertz CT molecular complexity index is 439. The van der Waals surface area contributed by atoms with Crippen LogP contribution in [-0.4, -0.2) is 49.3 Å². The van der Waals surface area contributed by atoms with E-state index in [-0.39, 0.29) is 5.88 Å². The van der Waals surface area contributed by atoms with Crippen molar-refractivity contribution in [2.45, 2.75) is 6.92 Å². The molecule has 1 fully saturated rings. The third-order valence-corrected chi connectivity index (χ3v) is 3.72. The van der Waals surface area contributed by atoms with Gasteiger partial charge in [0.25, 0.3) is 0 Å². The van der Waals surface area contributed by atoms with E-state index in [9.17, 15) is 0 Å². The van der Waals surface area contributed by atoms with Crippen molar-refractivity contribution in [3.05, 3.63) is 24.3 Å². The summed E-state index contributed by atoms with van der Waals surface area (Å²) in [7, 11) is 0. The van der Waals surface area contributed by atoms with Crippen molar-refractivity contribution in [1.29, 1.82) is 0 Å². The molecule has 1 aliphatic heterocycles. The Hall–Kier alpha value is -1.26. The Labute approximate surface area is 119 Å². The molecule has 0 aliphatic carbocycles. The molecule has 2 N–H and O–H groups in total. The summed E-state index contributed by atoms with van der Waals surface area (Å²) in [5.41, 5.74) is 7.79. The van der Waals surface area contributed by atoms with E-state index >= 15 is 0 Å². The van der Waals surface area contributed by atoms with Crippen molar-refractivity contribution < 1.29 is 0 Å². The first-order valence-corrected chi connectivity index (χ1v) is 7.23. The smallest absolute Gasteiger partial charge is 0.115 e. The zero-order chi connectivity index (χ0) is 13.7. The van der Waals surface area contributed by atoms with Gasteiger partial charge in [0.2, 0.25) is 0 Å². The molecule has 1 aliphatic rings. The van der Waals surface area contributed by atoms with Gasteiger partial charge in [-0.25, -0.2) is 4.99 Å². The number of rotatable bonds is 4. The molecule has 0 spiro atoms. The number of halogens is 1. The van der Waals surface area contributed by atoms with Gasteiger partial charge in [-0.3, -0.25) is 0 Å². The molecule has 1 aromatic carbocycles. The quantitative estimate of drug-likeness (QED) is 0.522. The molecular formula is C14H21ClN4. The zero-order valence-corrected chi connectivity index (χ0v) is 12.1. The first-order valence-electron chi connectivity index (χ1n) is 6.70. The van der Waals surface area contributed by atoms with E-state index in [1.165, 1.54) is 0 Å². The van der Waals surface area contributed by atoms with Crippen molar-refractivity contribution in [1.82, 2.24) is 4.90 Å². The lowest BCUT2D eigenvalue weighted by Crippen LogP contribution is -2.46. The fraction of sp³-hybridized carbons (Fsp3) is 0.500. The molecule has 1 saturated heterocycles. The minimum atomic E-state index is 0.262. The molecule has 0 unspecified atom stereocenters. The summed E-state index contributed by atoms with van der Waals surface area (Å²) >= 11 is 5.70. The fourth-order valence-electron chi connectivity index (χ4n) is 2.32. The largest absolute Gasteiger partial charge is 0.386 e. The summed E-state index contributed by atoms with van der Waals surface area (Å²) in [5, 5.41) is 0. The first-order chi connectivity index (χ1) is 9.24. The lowest BCUT2D eigenvalue weighted by atomic mass is 10.2. The maximum Gasteiger partial charge on any atom is 0.115 e. The number of piperazine rings is 1. The number of alkyl halides is 1. The predicted octanol–water partition coefficient (Wildman–Crippen LogP) is 2.06. The Kier molecular flexibility index (Phi) is 5.05. The van der Waals surface area contributed by atoms with Crippen LogP contribution in [0, 0.1) is 0 Å². The summed E-state index contributed by atoms with van der Waals surface area (Å²) in [6.07, 6.45) is 0. The Balaban J connectivity index is 2.16. The molecule has 0 atom stereocenters. The first kappa shape index (κ1) is 14.2. The van der Waals surface area contributed by atoms with Crippen LogP contribution >= 0.6 is 11.6 Å². The van der Waals surface area contributed by atoms with Crippen LogP contribution in [0.1, 0.15) is 6.92 Å². The van der Waals surface area contributed by atoms with Gasteiger partial charge >= 0.3 is 0 Å². The number of nitrogens with zero attached hydrogens (tertiary/aromatic N) is 3. The molecule has 0 amide bonds. The van der Waals surface area contributed by atoms with Crippen molar-refractivity contribution >= 4 is 28.8 Å². The summed E-state index contributed by atoms with van der Waals surface area (Å²) in [6, 6.07) is 8.10. The van der Waals surface area contributed by atoms with Crippen LogP contribution in [0.3, 0.4) is 0 Å². The van der Waals surface area contributed by atoms with E-state index in [0.29, 0.717) is 5.84 Å². The third kappa shape index (κ3) is 3.61. The van der Waals surface area contributed by atoms with E-state index in [1.807, 2.05) is 18.2 Å². The van der Waals surface area contributed by atoms with Gasteiger partial charge in [-0.1, -0.05) is 19.1 Å². The molecule has 19 heavy (non-hydrogen) atoms. The van der Waals surface area contributed by atoms with E-state index in [2.05, 4.69) is 27.8 Å². The maximum atomic E-state index is 5.74. The molecular weight excluding hydrogens is 260 g/mol. The molecule has 4 nitrogen and oxygen atoms in total. The standard InChI is InChI=1S/C14H21ClN4/c1-2-18-7-9-19(10-8-18)13-6-4-3-5-12(13)17-14(16)11-15/h3-6H,2,7-11H2,1H3,(H2,16,17). The van der Waals surface area contributed by atoms with Crippen LogP contribution in [0.4, 0.5) is 11.4 Å². The summed E-state index contributed by atoms with van der Waals surface area (Å²) < 4.78 is 0. The molecule has 2 rings (SSSR count).